The summed E-state index contributed by atoms with van der Waals surface area (Å²) in [6, 6.07) is 1.49. The van der Waals surface area contributed by atoms with Gasteiger partial charge in [0, 0.05) is 0 Å². The summed E-state index contributed by atoms with van der Waals surface area (Å²) >= 11 is 0. The fraction of sp³-hybridized carbons (Fsp3) is 0.958. The van der Waals surface area contributed by atoms with Crippen molar-refractivity contribution in [2.24, 2.45) is 29.1 Å². The van der Waals surface area contributed by atoms with E-state index in [0.29, 0.717) is 6.04 Å². The zero-order chi connectivity index (χ0) is 18.0. The largest absolute Gasteiger partial charge is 0.349 e. The van der Waals surface area contributed by atoms with Gasteiger partial charge in [0.25, 0.3) is 0 Å². The van der Waals surface area contributed by atoms with E-state index < -0.39 is 0 Å². The highest BCUT2D eigenvalue weighted by Gasteiger charge is 2.52. The number of rotatable bonds is 4. The molecule has 2 heterocycles. The second-order valence-electron chi connectivity index (χ2n) is 11.5. The third-order valence-corrected chi connectivity index (χ3v) is 9.66. The summed E-state index contributed by atoms with van der Waals surface area (Å²) in [4.78, 5) is 2.72. The molecule has 27 heavy (non-hydrogen) atoms. The van der Waals surface area contributed by atoms with Crippen LogP contribution in [-0.2, 0) is 0 Å². The second-order valence-corrected chi connectivity index (χ2v) is 11.5. The van der Waals surface area contributed by atoms with Crippen LogP contribution in [0.2, 0.25) is 0 Å². The molecule has 7 rings (SSSR count). The zero-order valence-corrected chi connectivity index (χ0v) is 17.5. The fourth-order valence-corrected chi connectivity index (χ4v) is 8.80. The summed E-state index contributed by atoms with van der Waals surface area (Å²) in [5.41, 5.74) is 0.726. The minimum Gasteiger partial charge on any atom is -0.274 e. The van der Waals surface area contributed by atoms with Crippen molar-refractivity contribution in [3.05, 3.63) is 0 Å². The Balaban J connectivity index is 1.22. The van der Waals surface area contributed by atoms with Gasteiger partial charge in [0.1, 0.15) is 18.6 Å². The van der Waals surface area contributed by atoms with Crippen molar-refractivity contribution >= 4 is 5.96 Å². The Bertz CT molecular complexity index is 582. The molecule has 0 spiro atoms. The van der Waals surface area contributed by atoms with E-state index in [0.717, 1.165) is 41.7 Å². The minimum atomic E-state index is 0.690. The molecule has 4 bridgehead atoms. The Hall–Kier alpha value is -0.730. The molecule has 0 aromatic rings. The Morgan fingerprint density at radius 1 is 1.00 bits per heavy atom. The normalized spacial score (nSPS) is 46.3. The Morgan fingerprint density at radius 3 is 2.33 bits per heavy atom. The number of guanidine groups is 1. The van der Waals surface area contributed by atoms with Crippen molar-refractivity contribution in [1.29, 1.82) is 0 Å². The van der Waals surface area contributed by atoms with Crippen LogP contribution in [0.5, 0.6) is 0 Å². The van der Waals surface area contributed by atoms with E-state index >= 15 is 0 Å². The predicted molar refractivity (Wildman–Crippen MR) is 110 cm³/mol. The van der Waals surface area contributed by atoms with Gasteiger partial charge in [-0.1, -0.05) is 19.3 Å². The quantitative estimate of drug-likeness (QED) is 0.747. The van der Waals surface area contributed by atoms with Crippen molar-refractivity contribution in [3.8, 4) is 0 Å². The molecule has 5 saturated carbocycles. The Morgan fingerprint density at radius 2 is 1.67 bits per heavy atom. The van der Waals surface area contributed by atoms with E-state index in [9.17, 15) is 0 Å². The molecular formula is C24H40N3+. The number of hydrogen-bond acceptors (Lipinski definition) is 2. The smallest absolute Gasteiger partial charge is 0.274 e. The Kier molecular flexibility index (Phi) is 4.06. The average molecular weight is 371 g/mol. The highest BCUT2D eigenvalue weighted by molar-refractivity contribution is 5.78. The van der Waals surface area contributed by atoms with E-state index in [-0.39, 0.29) is 0 Å². The highest BCUT2D eigenvalue weighted by atomic mass is 15.5. The van der Waals surface area contributed by atoms with Crippen molar-refractivity contribution in [2.45, 2.75) is 96.1 Å². The van der Waals surface area contributed by atoms with Gasteiger partial charge in [-0.3, -0.25) is 14.8 Å². The van der Waals surface area contributed by atoms with Crippen molar-refractivity contribution < 1.29 is 4.58 Å². The lowest BCUT2D eigenvalue weighted by molar-refractivity contribution is -0.569. The van der Waals surface area contributed by atoms with Crippen LogP contribution in [-0.4, -0.2) is 47.2 Å². The molecule has 0 aromatic carbocycles. The van der Waals surface area contributed by atoms with Crippen LogP contribution in [0.4, 0.5) is 0 Å². The van der Waals surface area contributed by atoms with E-state index in [1.807, 2.05) is 0 Å². The van der Waals surface area contributed by atoms with Gasteiger partial charge in [0.15, 0.2) is 0 Å². The molecule has 2 atom stereocenters. The first-order valence-electron chi connectivity index (χ1n) is 12.3. The molecule has 0 radical (unpaired) electrons. The lowest BCUT2D eigenvalue weighted by atomic mass is 9.49. The van der Waals surface area contributed by atoms with Crippen LogP contribution in [0.3, 0.4) is 0 Å². The third kappa shape index (κ3) is 2.85. The molecule has 5 aliphatic carbocycles. The molecule has 3 heteroatoms. The van der Waals surface area contributed by atoms with Crippen molar-refractivity contribution in [3.63, 3.8) is 0 Å². The van der Waals surface area contributed by atoms with Gasteiger partial charge in [-0.15, -0.1) is 0 Å². The molecule has 1 saturated heterocycles. The fourth-order valence-electron chi connectivity index (χ4n) is 8.80. The molecular weight excluding hydrogens is 330 g/mol. The maximum absolute atomic E-state index is 3.81. The zero-order valence-electron chi connectivity index (χ0n) is 17.5. The maximum Gasteiger partial charge on any atom is 0.349 e. The molecule has 7 aliphatic rings. The monoisotopic (exact) mass is 370 g/mol. The van der Waals surface area contributed by atoms with Crippen molar-refractivity contribution in [1.82, 2.24) is 10.2 Å². The molecule has 6 fully saturated rings. The predicted octanol–water partition coefficient (Wildman–Crippen LogP) is 4.22. The van der Waals surface area contributed by atoms with Crippen LogP contribution < -0.4 is 5.32 Å². The van der Waals surface area contributed by atoms with Crippen molar-refractivity contribution in [2.75, 3.05) is 19.6 Å². The molecule has 0 unspecified atom stereocenters. The first kappa shape index (κ1) is 17.2. The topological polar surface area (TPSA) is 18.3 Å². The standard InChI is InChI=1S/C24H39N3/c1-17-15-25-23-26(22(16-27(17)23)21-5-3-2-4-6-21)8-7-24-12-18-9-19(13-24)11-20(10-18)14-24/h17-22H,2-16H2,1H3/p+1/t17-,18?,19?,20?,22+,24?/m0/s1. The summed E-state index contributed by atoms with van der Waals surface area (Å²) in [5, 5.41) is 3.81. The average Bonchev–Trinajstić information content (AvgIpc) is 3.20. The lowest BCUT2D eigenvalue weighted by Crippen LogP contribution is -2.47. The van der Waals surface area contributed by atoms with Gasteiger partial charge >= 0.3 is 5.96 Å². The minimum absolute atomic E-state index is 0.690. The van der Waals surface area contributed by atoms with Gasteiger partial charge in [-0.2, -0.15) is 0 Å². The summed E-state index contributed by atoms with van der Waals surface area (Å²) in [6.45, 7) is 6.20. The van der Waals surface area contributed by atoms with Crippen LogP contribution >= 0.6 is 0 Å². The van der Waals surface area contributed by atoms with Gasteiger partial charge < -0.3 is 0 Å². The second kappa shape index (κ2) is 6.39. The number of nitrogens with one attached hydrogen (secondary N) is 1. The first-order valence-corrected chi connectivity index (χ1v) is 12.3. The van der Waals surface area contributed by atoms with E-state index in [1.165, 1.54) is 57.6 Å². The number of fused-ring (bicyclic) bond motifs is 1. The molecule has 0 amide bonds. The SMILES string of the molecule is C[C@H]1CNC2=[N+](CCC34CC5CC(CC(C5)C3)C4)[C@@H](C3CCCCC3)CN21. The summed E-state index contributed by atoms with van der Waals surface area (Å²) in [7, 11) is 0. The number of hydrogen-bond donors (Lipinski definition) is 1. The Labute approximate surface area is 166 Å². The summed E-state index contributed by atoms with van der Waals surface area (Å²) in [6.07, 6.45) is 18.3. The maximum atomic E-state index is 3.81. The van der Waals surface area contributed by atoms with E-state index in [4.69, 9.17) is 0 Å². The van der Waals surface area contributed by atoms with E-state index in [1.54, 1.807) is 38.5 Å². The summed E-state index contributed by atoms with van der Waals surface area (Å²) < 4.78 is 2.89. The lowest BCUT2D eigenvalue weighted by Gasteiger charge is -2.57. The number of nitrogens with zero attached hydrogens (tertiary/aromatic N) is 2. The van der Waals surface area contributed by atoms with Crippen LogP contribution in [0.1, 0.15) is 84.0 Å². The van der Waals surface area contributed by atoms with E-state index in [2.05, 4.69) is 21.7 Å². The van der Waals surface area contributed by atoms with Gasteiger partial charge in [-0.25, -0.2) is 0 Å². The molecule has 0 aromatic heterocycles. The van der Waals surface area contributed by atoms with Crippen LogP contribution in [0, 0.1) is 29.1 Å². The molecule has 3 nitrogen and oxygen atoms in total. The third-order valence-electron chi connectivity index (χ3n) is 9.66. The van der Waals surface area contributed by atoms with Crippen LogP contribution in [0.15, 0.2) is 0 Å². The van der Waals surface area contributed by atoms with Gasteiger partial charge in [-0.05, 0) is 93.8 Å². The molecule has 150 valence electrons. The molecule has 1 N–H and O–H groups in total. The first-order chi connectivity index (χ1) is 13.2. The van der Waals surface area contributed by atoms with Gasteiger partial charge in [0.2, 0.25) is 0 Å². The molecule has 2 aliphatic heterocycles. The highest BCUT2D eigenvalue weighted by Crippen LogP contribution is 2.61. The van der Waals surface area contributed by atoms with Crippen LogP contribution in [0.25, 0.3) is 0 Å². The van der Waals surface area contributed by atoms with Gasteiger partial charge in [0.05, 0.1) is 13.1 Å². The summed E-state index contributed by atoms with van der Waals surface area (Å²) in [5.74, 6) is 5.75.